The molecule has 0 spiro atoms. The third-order valence-electron chi connectivity index (χ3n) is 5.12. The zero-order valence-electron chi connectivity index (χ0n) is 18.8. The Morgan fingerprint density at radius 2 is 1.89 bits per heavy atom. The van der Waals surface area contributed by atoms with Gasteiger partial charge in [-0.1, -0.05) is 12.1 Å². The third-order valence-corrected chi connectivity index (χ3v) is 5.12. The number of carbonyl (C=O) groups is 1. The molecular weight excluding hydrogens is 481 g/mol. The number of aryl methyl sites for hydroxylation is 1. The van der Waals surface area contributed by atoms with Crippen LogP contribution in [0.2, 0.25) is 0 Å². The quantitative estimate of drug-likeness (QED) is 0.249. The van der Waals surface area contributed by atoms with E-state index in [4.69, 9.17) is 9.15 Å². The Balaban J connectivity index is 1.36. The number of non-ortho nitro benzene ring substituents is 1. The minimum atomic E-state index is -4.44. The SMILES string of the molecule is Cc1cc(NC(=O)c2ccc(COc3ccc([N+](=O)[O-])cc3)o2)nn1Cc1cccc(C(F)(F)F)c1. The van der Waals surface area contributed by atoms with Crippen LogP contribution in [0.3, 0.4) is 0 Å². The van der Waals surface area contributed by atoms with Crippen molar-refractivity contribution >= 4 is 17.4 Å². The van der Waals surface area contributed by atoms with Crippen LogP contribution < -0.4 is 10.1 Å². The lowest BCUT2D eigenvalue weighted by molar-refractivity contribution is -0.384. The van der Waals surface area contributed by atoms with E-state index in [-0.39, 0.29) is 30.4 Å². The van der Waals surface area contributed by atoms with Crippen LogP contribution in [-0.2, 0) is 19.3 Å². The minimum absolute atomic E-state index is 0.00220. The lowest BCUT2D eigenvalue weighted by Crippen LogP contribution is -2.12. The first-order valence-electron chi connectivity index (χ1n) is 10.6. The Morgan fingerprint density at radius 3 is 2.58 bits per heavy atom. The van der Waals surface area contributed by atoms with Crippen molar-refractivity contribution in [2.75, 3.05) is 5.32 Å². The number of nitrogens with zero attached hydrogens (tertiary/aromatic N) is 3. The molecule has 186 valence electrons. The molecule has 2 aromatic carbocycles. The van der Waals surface area contributed by atoms with Crippen molar-refractivity contribution in [2.24, 2.45) is 0 Å². The topological polar surface area (TPSA) is 112 Å². The van der Waals surface area contributed by atoms with Crippen LogP contribution in [0.25, 0.3) is 0 Å². The molecule has 2 heterocycles. The maximum atomic E-state index is 13.0. The average Bonchev–Trinajstić information content (AvgIpc) is 3.44. The van der Waals surface area contributed by atoms with Crippen molar-refractivity contribution in [1.82, 2.24) is 9.78 Å². The number of nitrogens with one attached hydrogen (secondary N) is 1. The molecule has 0 aliphatic heterocycles. The number of halogens is 3. The lowest BCUT2D eigenvalue weighted by atomic mass is 10.1. The molecule has 1 amide bonds. The molecule has 2 aromatic heterocycles. The molecule has 0 saturated carbocycles. The van der Waals surface area contributed by atoms with Gasteiger partial charge in [0, 0.05) is 23.9 Å². The third kappa shape index (κ3) is 5.90. The van der Waals surface area contributed by atoms with E-state index < -0.39 is 22.6 Å². The fraction of sp³-hybridized carbons (Fsp3) is 0.167. The van der Waals surface area contributed by atoms with Crippen molar-refractivity contribution in [3.05, 3.63) is 105 Å². The Morgan fingerprint density at radius 1 is 1.14 bits per heavy atom. The van der Waals surface area contributed by atoms with Gasteiger partial charge in [0.15, 0.2) is 11.6 Å². The molecule has 36 heavy (non-hydrogen) atoms. The van der Waals surface area contributed by atoms with Gasteiger partial charge in [0.05, 0.1) is 17.0 Å². The molecule has 0 saturated heterocycles. The number of hydrogen-bond acceptors (Lipinski definition) is 6. The van der Waals surface area contributed by atoms with Gasteiger partial charge in [-0.3, -0.25) is 19.6 Å². The van der Waals surface area contributed by atoms with E-state index in [2.05, 4.69) is 10.4 Å². The summed E-state index contributed by atoms with van der Waals surface area (Å²) in [5.74, 6) is 0.391. The Labute approximate surface area is 202 Å². The van der Waals surface area contributed by atoms with Crippen LogP contribution in [0, 0.1) is 17.0 Å². The summed E-state index contributed by atoms with van der Waals surface area (Å²) in [6, 6.07) is 15.1. The zero-order chi connectivity index (χ0) is 25.9. The molecule has 9 nitrogen and oxygen atoms in total. The number of amides is 1. The molecule has 0 radical (unpaired) electrons. The summed E-state index contributed by atoms with van der Waals surface area (Å²) in [7, 11) is 0. The summed E-state index contributed by atoms with van der Waals surface area (Å²) in [5.41, 5.74) is 0.244. The van der Waals surface area contributed by atoms with E-state index in [1.807, 2.05) is 0 Å². The van der Waals surface area contributed by atoms with Crippen molar-refractivity contribution in [2.45, 2.75) is 26.3 Å². The van der Waals surface area contributed by atoms with Gasteiger partial charge in [-0.05, 0) is 48.9 Å². The fourth-order valence-electron chi connectivity index (χ4n) is 3.32. The second-order valence-electron chi connectivity index (χ2n) is 7.79. The summed E-state index contributed by atoms with van der Waals surface area (Å²) in [6.07, 6.45) is -4.44. The number of carbonyl (C=O) groups excluding carboxylic acids is 1. The molecular formula is C24H19F3N4O5. The minimum Gasteiger partial charge on any atom is -0.486 e. The highest BCUT2D eigenvalue weighted by Crippen LogP contribution is 2.30. The Kier molecular flexibility index (Phi) is 6.77. The molecule has 0 unspecified atom stereocenters. The Hall–Kier alpha value is -4.61. The summed E-state index contributed by atoms with van der Waals surface area (Å²) in [5, 5.41) is 17.6. The molecule has 12 heteroatoms. The number of aromatic nitrogens is 2. The molecule has 4 rings (SSSR count). The highest BCUT2D eigenvalue weighted by molar-refractivity contribution is 6.01. The number of hydrogen-bond donors (Lipinski definition) is 1. The standard InChI is InChI=1S/C24H19F3N4O5/c1-15-11-22(29-30(15)13-16-3-2-4-17(12-16)24(25,26)27)28-23(32)21-10-9-20(36-21)14-35-19-7-5-18(6-8-19)31(33)34/h2-12H,13-14H2,1H3,(H,28,29,32). The van der Waals surface area contributed by atoms with Crippen LogP contribution >= 0.6 is 0 Å². The second-order valence-corrected chi connectivity index (χ2v) is 7.79. The first-order chi connectivity index (χ1) is 17.1. The molecule has 0 aliphatic carbocycles. The van der Waals surface area contributed by atoms with Gasteiger partial charge in [0.1, 0.15) is 18.1 Å². The number of rotatable bonds is 8. The maximum absolute atomic E-state index is 13.0. The van der Waals surface area contributed by atoms with Crippen LogP contribution in [0.1, 0.15) is 33.1 Å². The van der Waals surface area contributed by atoms with E-state index >= 15 is 0 Å². The van der Waals surface area contributed by atoms with E-state index in [9.17, 15) is 28.1 Å². The number of furan rings is 1. The molecule has 0 atom stereocenters. The van der Waals surface area contributed by atoms with Crippen molar-refractivity contribution in [1.29, 1.82) is 0 Å². The van der Waals surface area contributed by atoms with Crippen LogP contribution in [0.5, 0.6) is 5.75 Å². The number of nitro benzene ring substituents is 1. The first kappa shape index (κ1) is 24.5. The fourth-order valence-corrected chi connectivity index (χ4v) is 3.32. The summed E-state index contributed by atoms with van der Waals surface area (Å²) < 4.78 is 51.4. The number of anilines is 1. The van der Waals surface area contributed by atoms with Gasteiger partial charge in [-0.25, -0.2) is 0 Å². The van der Waals surface area contributed by atoms with Crippen molar-refractivity contribution in [3.63, 3.8) is 0 Å². The number of alkyl halides is 3. The average molecular weight is 500 g/mol. The molecule has 0 fully saturated rings. The van der Waals surface area contributed by atoms with Gasteiger partial charge >= 0.3 is 6.18 Å². The van der Waals surface area contributed by atoms with E-state index in [1.54, 1.807) is 25.1 Å². The maximum Gasteiger partial charge on any atom is 0.416 e. The van der Waals surface area contributed by atoms with Crippen LogP contribution in [0.15, 0.2) is 71.1 Å². The van der Waals surface area contributed by atoms with E-state index in [0.29, 0.717) is 22.8 Å². The first-order valence-corrected chi connectivity index (χ1v) is 10.6. The predicted molar refractivity (Wildman–Crippen MR) is 122 cm³/mol. The summed E-state index contributed by atoms with van der Waals surface area (Å²) in [6.45, 7) is 1.81. The summed E-state index contributed by atoms with van der Waals surface area (Å²) in [4.78, 5) is 22.7. The van der Waals surface area contributed by atoms with E-state index in [1.165, 1.54) is 41.1 Å². The van der Waals surface area contributed by atoms with Crippen molar-refractivity contribution < 1.29 is 32.0 Å². The van der Waals surface area contributed by atoms with Gasteiger partial charge in [-0.15, -0.1) is 0 Å². The number of nitro groups is 1. The lowest BCUT2D eigenvalue weighted by Gasteiger charge is -2.09. The van der Waals surface area contributed by atoms with Crippen molar-refractivity contribution in [3.8, 4) is 5.75 Å². The second kappa shape index (κ2) is 9.94. The monoisotopic (exact) mass is 500 g/mol. The molecule has 0 aliphatic rings. The normalized spacial score (nSPS) is 11.3. The van der Waals surface area contributed by atoms with Gasteiger partial charge in [0.25, 0.3) is 11.6 Å². The van der Waals surface area contributed by atoms with Gasteiger partial charge in [0.2, 0.25) is 0 Å². The largest absolute Gasteiger partial charge is 0.486 e. The highest BCUT2D eigenvalue weighted by atomic mass is 19.4. The highest BCUT2D eigenvalue weighted by Gasteiger charge is 2.30. The predicted octanol–water partition coefficient (Wildman–Crippen LogP) is 5.59. The molecule has 1 N–H and O–H groups in total. The molecule has 0 bridgehead atoms. The Bertz CT molecular complexity index is 1390. The number of ether oxygens (including phenoxy) is 1. The van der Waals surface area contributed by atoms with Gasteiger partial charge < -0.3 is 14.5 Å². The van der Waals surface area contributed by atoms with Crippen LogP contribution in [-0.4, -0.2) is 20.6 Å². The molecule has 4 aromatic rings. The smallest absolute Gasteiger partial charge is 0.416 e. The number of benzene rings is 2. The van der Waals surface area contributed by atoms with E-state index in [0.717, 1.165) is 12.1 Å². The van der Waals surface area contributed by atoms with Crippen LogP contribution in [0.4, 0.5) is 24.7 Å². The van der Waals surface area contributed by atoms with Gasteiger partial charge in [-0.2, -0.15) is 18.3 Å². The summed E-state index contributed by atoms with van der Waals surface area (Å²) >= 11 is 0. The zero-order valence-corrected chi connectivity index (χ0v) is 18.8.